The summed E-state index contributed by atoms with van der Waals surface area (Å²) >= 11 is 1.73. The van der Waals surface area contributed by atoms with Crippen molar-refractivity contribution in [2.75, 3.05) is 13.2 Å². The van der Waals surface area contributed by atoms with Crippen molar-refractivity contribution in [3.63, 3.8) is 0 Å². The first-order valence-corrected chi connectivity index (χ1v) is 9.71. The lowest BCUT2D eigenvalue weighted by Gasteiger charge is -2.04. The summed E-state index contributed by atoms with van der Waals surface area (Å²) in [6.45, 7) is 2.41. The molecule has 4 rings (SSSR count). The highest BCUT2D eigenvalue weighted by molar-refractivity contribution is 7.19. The molecule has 2 aromatic heterocycles. The summed E-state index contributed by atoms with van der Waals surface area (Å²) in [4.78, 5) is 13.4. The summed E-state index contributed by atoms with van der Waals surface area (Å²) in [5, 5.41) is 5.12. The molecule has 3 heterocycles. The number of Topliss-reactive ketones (excluding diaryl/α,β-unsaturated/α-hetero) is 1. The average Bonchev–Trinajstić information content (AvgIpc) is 3.39. The molecule has 0 spiro atoms. The van der Waals surface area contributed by atoms with E-state index in [0.29, 0.717) is 37.0 Å². The maximum atomic E-state index is 12.2. The molecule has 5 nitrogen and oxygen atoms in total. The van der Waals surface area contributed by atoms with E-state index in [1.54, 1.807) is 17.4 Å². The Hall–Kier alpha value is -2.02. The Bertz CT molecular complexity index is 846. The number of fused-ring (bicyclic) bond motifs is 1. The number of ketones is 1. The van der Waals surface area contributed by atoms with Gasteiger partial charge in [0, 0.05) is 35.3 Å². The predicted molar refractivity (Wildman–Crippen MR) is 99.3 cm³/mol. The third-order valence-electron chi connectivity index (χ3n) is 4.61. The summed E-state index contributed by atoms with van der Waals surface area (Å²) in [6, 6.07) is 12.1. The number of aromatic nitrogens is 1. The van der Waals surface area contributed by atoms with E-state index in [4.69, 9.17) is 14.0 Å². The molecule has 0 radical (unpaired) electrons. The minimum atomic E-state index is 0.0245. The molecule has 0 saturated carbocycles. The van der Waals surface area contributed by atoms with Crippen LogP contribution in [0, 0.1) is 5.92 Å². The number of rotatable bonds is 8. The van der Waals surface area contributed by atoms with Gasteiger partial charge in [-0.25, -0.2) is 0 Å². The van der Waals surface area contributed by atoms with Gasteiger partial charge in [0.2, 0.25) is 0 Å². The Morgan fingerprint density at radius 2 is 2.19 bits per heavy atom. The van der Waals surface area contributed by atoms with Crippen LogP contribution in [0.5, 0.6) is 0 Å². The quantitative estimate of drug-likeness (QED) is 0.541. The van der Waals surface area contributed by atoms with E-state index >= 15 is 0 Å². The van der Waals surface area contributed by atoms with Crippen LogP contribution < -0.4 is 0 Å². The second-order valence-corrected chi connectivity index (χ2v) is 7.78. The maximum Gasteiger partial charge on any atom is 0.184 e. The molecule has 1 aliphatic rings. The number of thiophene rings is 1. The molecule has 0 aliphatic carbocycles. The van der Waals surface area contributed by atoms with Gasteiger partial charge in [-0.3, -0.25) is 4.79 Å². The van der Waals surface area contributed by atoms with Crippen molar-refractivity contribution in [2.24, 2.45) is 5.92 Å². The predicted octanol–water partition coefficient (Wildman–Crippen LogP) is 4.61. The maximum absolute atomic E-state index is 12.2. The average molecular weight is 371 g/mol. The lowest BCUT2D eigenvalue weighted by molar-refractivity contribution is 0.0896. The Balaban J connectivity index is 1.25. The van der Waals surface area contributed by atoms with E-state index < -0.39 is 0 Å². The third kappa shape index (κ3) is 4.20. The van der Waals surface area contributed by atoms with Crippen molar-refractivity contribution in [2.45, 2.75) is 32.5 Å². The fourth-order valence-electron chi connectivity index (χ4n) is 3.15. The van der Waals surface area contributed by atoms with Crippen molar-refractivity contribution < 1.29 is 18.8 Å². The molecule has 26 heavy (non-hydrogen) atoms. The van der Waals surface area contributed by atoms with Crippen LogP contribution in [0.1, 0.15) is 40.4 Å². The molecule has 1 fully saturated rings. The molecule has 0 bridgehead atoms. The van der Waals surface area contributed by atoms with Gasteiger partial charge in [-0.2, -0.15) is 0 Å². The van der Waals surface area contributed by atoms with Crippen molar-refractivity contribution in [3.05, 3.63) is 52.7 Å². The second kappa shape index (κ2) is 8.12. The zero-order chi connectivity index (χ0) is 17.8. The van der Waals surface area contributed by atoms with Crippen LogP contribution >= 0.6 is 11.3 Å². The lowest BCUT2D eigenvalue weighted by Crippen LogP contribution is -2.05. The minimum Gasteiger partial charge on any atom is -0.381 e. The molecule has 1 atom stereocenters. The fourth-order valence-corrected chi connectivity index (χ4v) is 4.15. The molecule has 1 saturated heterocycles. The normalized spacial score (nSPS) is 17.2. The van der Waals surface area contributed by atoms with E-state index in [1.807, 2.05) is 12.1 Å². The molecule has 1 unspecified atom stereocenters. The van der Waals surface area contributed by atoms with Crippen molar-refractivity contribution in [3.8, 4) is 0 Å². The van der Waals surface area contributed by atoms with Gasteiger partial charge in [0.1, 0.15) is 12.3 Å². The molecular weight excluding hydrogens is 350 g/mol. The molecule has 1 aromatic carbocycles. The Morgan fingerprint density at radius 1 is 1.27 bits per heavy atom. The Kier molecular flexibility index (Phi) is 5.43. The molecular formula is C20H21NO4S. The van der Waals surface area contributed by atoms with Gasteiger partial charge >= 0.3 is 0 Å². The molecule has 6 heteroatoms. The van der Waals surface area contributed by atoms with Gasteiger partial charge in [-0.1, -0.05) is 23.4 Å². The van der Waals surface area contributed by atoms with Gasteiger partial charge in [-0.15, -0.1) is 11.3 Å². The highest BCUT2D eigenvalue weighted by Crippen LogP contribution is 2.26. The van der Waals surface area contributed by atoms with Crippen molar-refractivity contribution in [1.82, 2.24) is 5.16 Å². The van der Waals surface area contributed by atoms with Crippen LogP contribution in [0.3, 0.4) is 0 Å². The first-order chi connectivity index (χ1) is 12.8. The summed E-state index contributed by atoms with van der Waals surface area (Å²) in [5.74, 6) is 1.10. The highest BCUT2D eigenvalue weighted by Gasteiger charge is 2.19. The number of ether oxygens (including phenoxy) is 2. The van der Waals surface area contributed by atoms with Gasteiger partial charge in [0.25, 0.3) is 0 Å². The van der Waals surface area contributed by atoms with Gasteiger partial charge in [0.15, 0.2) is 11.5 Å². The number of carbonyl (C=O) groups excluding carboxylic acids is 1. The molecule has 0 amide bonds. The molecule has 0 N–H and O–H groups in total. The van der Waals surface area contributed by atoms with E-state index in [-0.39, 0.29) is 5.78 Å². The standard InChI is InChI=1S/C20H21NO4S/c22-19(6-5-14-7-8-23-11-14)18-10-16(25-21-18)12-24-13-17-9-15-3-1-2-4-20(15)26-17/h1-4,9-10,14H,5-8,11-13H2. The SMILES string of the molecule is O=C(CCC1CCOC1)c1cc(COCc2cc3ccccc3s2)on1. The summed E-state index contributed by atoms with van der Waals surface area (Å²) < 4.78 is 17.5. The van der Waals surface area contributed by atoms with Gasteiger partial charge in [-0.05, 0) is 36.3 Å². The number of nitrogens with zero attached hydrogens (tertiary/aromatic N) is 1. The Morgan fingerprint density at radius 3 is 3.04 bits per heavy atom. The first-order valence-electron chi connectivity index (χ1n) is 8.89. The van der Waals surface area contributed by atoms with Crippen LogP contribution in [-0.4, -0.2) is 24.2 Å². The van der Waals surface area contributed by atoms with E-state index in [0.717, 1.165) is 26.1 Å². The monoisotopic (exact) mass is 371 g/mol. The van der Waals surface area contributed by atoms with E-state index in [1.165, 1.54) is 15.0 Å². The van der Waals surface area contributed by atoms with E-state index in [9.17, 15) is 4.79 Å². The summed E-state index contributed by atoms with van der Waals surface area (Å²) in [7, 11) is 0. The Labute approximate surface area is 155 Å². The van der Waals surface area contributed by atoms with Crippen LogP contribution in [0.25, 0.3) is 10.1 Å². The highest BCUT2D eigenvalue weighted by atomic mass is 32.1. The number of hydrogen-bond acceptors (Lipinski definition) is 6. The van der Waals surface area contributed by atoms with Crippen LogP contribution in [-0.2, 0) is 22.7 Å². The van der Waals surface area contributed by atoms with Crippen LogP contribution in [0.2, 0.25) is 0 Å². The van der Waals surface area contributed by atoms with E-state index in [2.05, 4.69) is 23.4 Å². The van der Waals surface area contributed by atoms with Crippen LogP contribution in [0.15, 0.2) is 40.9 Å². The number of carbonyl (C=O) groups is 1. The summed E-state index contributed by atoms with van der Waals surface area (Å²) in [6.07, 6.45) is 2.38. The minimum absolute atomic E-state index is 0.0245. The fraction of sp³-hybridized carbons (Fsp3) is 0.400. The van der Waals surface area contributed by atoms with Crippen LogP contribution in [0.4, 0.5) is 0 Å². The largest absolute Gasteiger partial charge is 0.381 e. The zero-order valence-electron chi connectivity index (χ0n) is 14.5. The molecule has 3 aromatic rings. The lowest BCUT2D eigenvalue weighted by atomic mass is 10.00. The molecule has 136 valence electrons. The number of hydrogen-bond donors (Lipinski definition) is 0. The molecule has 1 aliphatic heterocycles. The first kappa shape index (κ1) is 17.4. The topological polar surface area (TPSA) is 61.6 Å². The third-order valence-corrected chi connectivity index (χ3v) is 5.70. The van der Waals surface area contributed by atoms with Gasteiger partial charge in [0.05, 0.1) is 6.61 Å². The number of benzene rings is 1. The van der Waals surface area contributed by atoms with Gasteiger partial charge < -0.3 is 14.0 Å². The smallest absolute Gasteiger partial charge is 0.184 e. The van der Waals surface area contributed by atoms with Crippen molar-refractivity contribution >= 4 is 27.2 Å². The van der Waals surface area contributed by atoms with Crippen molar-refractivity contribution in [1.29, 1.82) is 0 Å². The zero-order valence-corrected chi connectivity index (χ0v) is 15.3. The second-order valence-electron chi connectivity index (χ2n) is 6.61. The summed E-state index contributed by atoms with van der Waals surface area (Å²) in [5.41, 5.74) is 0.393.